The van der Waals surface area contributed by atoms with Crippen LogP contribution in [0.15, 0.2) is 42.7 Å². The predicted octanol–water partition coefficient (Wildman–Crippen LogP) is 1.08. The number of amides is 1. The zero-order valence-electron chi connectivity index (χ0n) is 10.6. The third-order valence-corrected chi connectivity index (χ3v) is 2.79. The van der Waals surface area contributed by atoms with E-state index >= 15 is 0 Å². The molecule has 1 amide bonds. The number of nitrogens with one attached hydrogen (secondary N) is 1. The molecule has 2 heterocycles. The second-order valence-electron chi connectivity index (χ2n) is 4.03. The topological polar surface area (TPSA) is 81.4 Å². The van der Waals surface area contributed by atoms with E-state index < -0.39 is 0 Å². The summed E-state index contributed by atoms with van der Waals surface area (Å²) in [5.74, 6) is 0.905. The number of fused-ring (bicyclic) bond motifs is 1. The molecule has 1 aromatic carbocycles. The summed E-state index contributed by atoms with van der Waals surface area (Å²) in [6, 6.07) is 8.80. The normalized spacial score (nSPS) is 10.7. The Labute approximate surface area is 114 Å². The molecule has 20 heavy (non-hydrogen) atoms. The molecule has 0 radical (unpaired) electrons. The SMILES string of the molecule is CONC(=O)c1ccc(-c2nnc3ncccn23)cc1. The summed E-state index contributed by atoms with van der Waals surface area (Å²) >= 11 is 0. The minimum absolute atomic E-state index is 0.299. The summed E-state index contributed by atoms with van der Waals surface area (Å²) in [5, 5.41) is 8.09. The number of aromatic nitrogens is 4. The minimum Gasteiger partial charge on any atom is -0.277 e. The van der Waals surface area contributed by atoms with Crippen molar-refractivity contribution in [3.05, 3.63) is 48.3 Å². The number of carbonyl (C=O) groups is 1. The number of nitrogens with zero attached hydrogens (tertiary/aromatic N) is 4. The van der Waals surface area contributed by atoms with Gasteiger partial charge in [0.05, 0.1) is 7.11 Å². The summed E-state index contributed by atoms with van der Waals surface area (Å²) in [5.41, 5.74) is 3.61. The quantitative estimate of drug-likeness (QED) is 0.720. The van der Waals surface area contributed by atoms with Gasteiger partial charge in [0.15, 0.2) is 5.82 Å². The van der Waals surface area contributed by atoms with Crippen LogP contribution >= 0.6 is 0 Å². The number of hydrogen-bond acceptors (Lipinski definition) is 5. The van der Waals surface area contributed by atoms with Crippen LogP contribution in [0.3, 0.4) is 0 Å². The van der Waals surface area contributed by atoms with Crippen LogP contribution in [0.25, 0.3) is 17.2 Å². The van der Waals surface area contributed by atoms with Gasteiger partial charge in [-0.15, -0.1) is 10.2 Å². The molecule has 0 saturated carbocycles. The smallest absolute Gasteiger partial charge is 0.274 e. The molecule has 0 atom stereocenters. The number of hydrogen-bond donors (Lipinski definition) is 1. The van der Waals surface area contributed by atoms with E-state index in [-0.39, 0.29) is 5.91 Å². The Kier molecular flexibility index (Phi) is 3.10. The molecule has 7 heteroatoms. The summed E-state index contributed by atoms with van der Waals surface area (Å²) in [7, 11) is 1.39. The molecule has 7 nitrogen and oxygen atoms in total. The molecular weight excluding hydrogens is 258 g/mol. The summed E-state index contributed by atoms with van der Waals surface area (Å²) < 4.78 is 1.78. The second-order valence-corrected chi connectivity index (χ2v) is 4.03. The molecule has 3 rings (SSSR count). The third kappa shape index (κ3) is 2.10. The second kappa shape index (κ2) is 5.06. The van der Waals surface area contributed by atoms with E-state index in [0.29, 0.717) is 17.2 Å². The maximum absolute atomic E-state index is 11.6. The molecule has 0 aliphatic carbocycles. The predicted molar refractivity (Wildman–Crippen MR) is 70.7 cm³/mol. The largest absolute Gasteiger partial charge is 0.277 e. The van der Waals surface area contributed by atoms with Crippen molar-refractivity contribution in [1.29, 1.82) is 0 Å². The summed E-state index contributed by atoms with van der Waals surface area (Å²) in [4.78, 5) is 20.3. The highest BCUT2D eigenvalue weighted by Crippen LogP contribution is 2.18. The third-order valence-electron chi connectivity index (χ3n) is 2.79. The maximum atomic E-state index is 11.6. The Morgan fingerprint density at radius 2 is 2.05 bits per heavy atom. The van der Waals surface area contributed by atoms with E-state index in [4.69, 9.17) is 0 Å². The van der Waals surface area contributed by atoms with Crippen molar-refractivity contribution in [1.82, 2.24) is 25.1 Å². The highest BCUT2D eigenvalue weighted by molar-refractivity contribution is 5.93. The molecule has 0 unspecified atom stereocenters. The van der Waals surface area contributed by atoms with Gasteiger partial charge in [-0.05, 0) is 18.2 Å². The lowest BCUT2D eigenvalue weighted by molar-refractivity contribution is 0.0537. The number of carbonyl (C=O) groups excluding carboxylic acids is 1. The lowest BCUT2D eigenvalue weighted by Crippen LogP contribution is -2.21. The van der Waals surface area contributed by atoms with Crippen molar-refractivity contribution in [2.24, 2.45) is 0 Å². The average Bonchev–Trinajstić information content (AvgIpc) is 2.92. The number of benzene rings is 1. The molecule has 100 valence electrons. The Morgan fingerprint density at radius 1 is 1.25 bits per heavy atom. The van der Waals surface area contributed by atoms with Gasteiger partial charge in [0.2, 0.25) is 0 Å². The Hall–Kier alpha value is -2.80. The van der Waals surface area contributed by atoms with E-state index in [1.54, 1.807) is 40.9 Å². The van der Waals surface area contributed by atoms with Gasteiger partial charge in [-0.1, -0.05) is 12.1 Å². The maximum Gasteiger partial charge on any atom is 0.274 e. The molecule has 3 aromatic rings. The molecule has 0 saturated heterocycles. The molecule has 0 bridgehead atoms. The molecule has 0 aliphatic rings. The molecular formula is C13H11N5O2. The Balaban J connectivity index is 1.97. The monoisotopic (exact) mass is 269 g/mol. The van der Waals surface area contributed by atoms with Crippen molar-refractivity contribution in [3.8, 4) is 11.4 Å². The Morgan fingerprint density at radius 3 is 2.80 bits per heavy atom. The van der Waals surface area contributed by atoms with Gasteiger partial charge in [0, 0.05) is 23.5 Å². The summed E-state index contributed by atoms with van der Waals surface area (Å²) in [6.45, 7) is 0. The van der Waals surface area contributed by atoms with E-state index in [2.05, 4.69) is 25.5 Å². The standard InChI is InChI=1S/C13H11N5O2/c1-20-17-12(19)10-5-3-9(4-6-10)11-15-16-13-14-7-2-8-18(11)13/h2-8H,1H3,(H,17,19). The zero-order chi connectivity index (χ0) is 13.9. The summed E-state index contributed by atoms with van der Waals surface area (Å²) in [6.07, 6.45) is 3.50. The fraction of sp³-hybridized carbons (Fsp3) is 0.0769. The van der Waals surface area contributed by atoms with Crippen LogP contribution < -0.4 is 5.48 Å². The lowest BCUT2D eigenvalue weighted by atomic mass is 10.1. The van der Waals surface area contributed by atoms with E-state index in [9.17, 15) is 4.79 Å². The van der Waals surface area contributed by atoms with Crippen molar-refractivity contribution in [2.75, 3.05) is 7.11 Å². The highest BCUT2D eigenvalue weighted by Gasteiger charge is 2.10. The van der Waals surface area contributed by atoms with Crippen molar-refractivity contribution < 1.29 is 9.63 Å². The van der Waals surface area contributed by atoms with Crippen LogP contribution in [-0.4, -0.2) is 32.6 Å². The molecule has 0 fully saturated rings. The van der Waals surface area contributed by atoms with Crippen molar-refractivity contribution >= 4 is 11.7 Å². The van der Waals surface area contributed by atoms with Gasteiger partial charge in [-0.25, -0.2) is 10.5 Å². The first-order valence-electron chi connectivity index (χ1n) is 5.89. The van der Waals surface area contributed by atoms with Gasteiger partial charge >= 0.3 is 0 Å². The van der Waals surface area contributed by atoms with Crippen LogP contribution in [-0.2, 0) is 4.84 Å². The van der Waals surface area contributed by atoms with Crippen LogP contribution in [0.5, 0.6) is 0 Å². The number of rotatable bonds is 3. The molecule has 2 aromatic heterocycles. The van der Waals surface area contributed by atoms with Gasteiger partial charge in [-0.3, -0.25) is 14.0 Å². The van der Waals surface area contributed by atoms with Gasteiger partial charge in [-0.2, -0.15) is 0 Å². The first-order valence-corrected chi connectivity index (χ1v) is 5.89. The number of hydroxylamine groups is 1. The van der Waals surface area contributed by atoms with Crippen LogP contribution in [0.2, 0.25) is 0 Å². The zero-order valence-corrected chi connectivity index (χ0v) is 10.6. The first-order chi connectivity index (χ1) is 9.79. The Bertz CT molecular complexity index is 751. The van der Waals surface area contributed by atoms with E-state index in [1.165, 1.54) is 7.11 Å². The lowest BCUT2D eigenvalue weighted by Gasteiger charge is -2.03. The van der Waals surface area contributed by atoms with Crippen molar-refractivity contribution in [3.63, 3.8) is 0 Å². The van der Waals surface area contributed by atoms with Gasteiger partial charge < -0.3 is 0 Å². The first kappa shape index (κ1) is 12.2. The van der Waals surface area contributed by atoms with Crippen molar-refractivity contribution in [2.45, 2.75) is 0 Å². The fourth-order valence-corrected chi connectivity index (χ4v) is 1.86. The van der Waals surface area contributed by atoms with Crippen LogP contribution in [0.4, 0.5) is 0 Å². The minimum atomic E-state index is -0.299. The average molecular weight is 269 g/mol. The van der Waals surface area contributed by atoms with E-state index in [1.807, 2.05) is 6.20 Å². The fourth-order valence-electron chi connectivity index (χ4n) is 1.86. The van der Waals surface area contributed by atoms with Gasteiger partial charge in [0.25, 0.3) is 11.7 Å². The highest BCUT2D eigenvalue weighted by atomic mass is 16.6. The van der Waals surface area contributed by atoms with Crippen LogP contribution in [0.1, 0.15) is 10.4 Å². The molecule has 1 N–H and O–H groups in total. The van der Waals surface area contributed by atoms with Crippen LogP contribution in [0, 0.1) is 0 Å². The molecule has 0 aliphatic heterocycles. The van der Waals surface area contributed by atoms with Gasteiger partial charge in [0.1, 0.15) is 0 Å². The van der Waals surface area contributed by atoms with E-state index in [0.717, 1.165) is 5.56 Å². The molecule has 0 spiro atoms.